The van der Waals surface area contributed by atoms with Gasteiger partial charge in [-0.2, -0.15) is 0 Å². The van der Waals surface area contributed by atoms with Gasteiger partial charge in [-0.3, -0.25) is 0 Å². The maximum absolute atomic E-state index is 11.5. The van der Waals surface area contributed by atoms with Gasteiger partial charge < -0.3 is 9.52 Å². The largest absolute Gasteiger partial charge is 0.476 e. The summed E-state index contributed by atoms with van der Waals surface area (Å²) in [6.45, 7) is 4.00. The number of nitrogens with zero attached hydrogens (tertiary/aromatic N) is 1. The van der Waals surface area contributed by atoms with Gasteiger partial charge in [-0.1, -0.05) is 19.9 Å². The van der Waals surface area contributed by atoms with Crippen molar-refractivity contribution >= 4 is 12.0 Å². The lowest BCUT2D eigenvalue weighted by Crippen LogP contribution is -1.95. The molecule has 0 atom stereocenters. The highest BCUT2D eigenvalue weighted by Crippen LogP contribution is 2.03. The number of carboxylic acid groups (broad SMARTS) is 1. The first-order chi connectivity index (χ1) is 7.24. The number of allylic oxidation sites excluding steroid dienone is 2. The fourth-order valence-corrected chi connectivity index (χ4v) is 0.642. The normalized spacial score (nSPS) is 10.3. The maximum Gasteiger partial charge on any atom is 0.357 e. The molecule has 0 aliphatic carbocycles. The number of aromatic nitrogens is 1. The van der Waals surface area contributed by atoms with E-state index in [2.05, 4.69) is 4.98 Å². The molecule has 1 aromatic heterocycles. The Balaban J connectivity index is 0.000000921. The van der Waals surface area contributed by atoms with Crippen LogP contribution in [0.1, 0.15) is 30.2 Å². The molecule has 0 spiro atoms. The van der Waals surface area contributed by atoms with Crippen LogP contribution in [-0.2, 0) is 0 Å². The average molecular weight is 213 g/mol. The van der Waals surface area contributed by atoms with Crippen LogP contribution in [-0.4, -0.2) is 16.1 Å². The summed E-state index contributed by atoms with van der Waals surface area (Å²) in [4.78, 5) is 13.9. The summed E-state index contributed by atoms with van der Waals surface area (Å²) in [5.41, 5.74) is -0.177. The first-order valence-corrected chi connectivity index (χ1v) is 4.36. The van der Waals surface area contributed by atoms with Gasteiger partial charge in [-0.05, 0) is 6.08 Å². The van der Waals surface area contributed by atoms with E-state index in [4.69, 9.17) is 9.52 Å². The number of aromatic carboxylic acids is 1. The lowest BCUT2D eigenvalue weighted by atomic mass is 10.5. The Labute approximate surface area is 86.7 Å². The van der Waals surface area contributed by atoms with Crippen molar-refractivity contribution in [3.05, 3.63) is 36.3 Å². The number of hydrogen-bond donors (Lipinski definition) is 1. The zero-order valence-electron chi connectivity index (χ0n) is 8.48. The number of rotatable bonds is 3. The maximum atomic E-state index is 11.5. The van der Waals surface area contributed by atoms with Gasteiger partial charge in [0.25, 0.3) is 0 Å². The zero-order chi connectivity index (χ0) is 11.7. The molecule has 1 N–H and O–H groups in total. The molecule has 1 aromatic rings. The first kappa shape index (κ1) is 13.1. The van der Waals surface area contributed by atoms with Crippen LogP contribution in [0.25, 0.3) is 6.08 Å². The highest BCUT2D eigenvalue weighted by molar-refractivity contribution is 5.85. The van der Waals surface area contributed by atoms with Gasteiger partial charge in [0.15, 0.2) is 5.69 Å². The first-order valence-electron chi connectivity index (χ1n) is 4.36. The Morgan fingerprint density at radius 1 is 1.53 bits per heavy atom. The molecule has 5 heteroatoms. The highest BCUT2D eigenvalue weighted by Gasteiger charge is 2.07. The van der Waals surface area contributed by atoms with Crippen LogP contribution in [0.3, 0.4) is 0 Å². The minimum absolute atomic E-state index is 0.121. The Morgan fingerprint density at radius 3 is 2.67 bits per heavy atom. The third-order valence-corrected chi connectivity index (χ3v) is 1.16. The molecule has 0 amide bonds. The molecule has 0 aromatic carbocycles. The molecule has 1 rings (SSSR count). The van der Waals surface area contributed by atoms with E-state index in [1.54, 1.807) is 0 Å². The predicted octanol–water partition coefficient (Wildman–Crippen LogP) is 2.90. The molecule has 0 aliphatic heterocycles. The molecule has 15 heavy (non-hydrogen) atoms. The number of oxazole rings is 1. The molecule has 0 bridgehead atoms. The summed E-state index contributed by atoms with van der Waals surface area (Å²) in [6.07, 6.45) is 5.18. The molecule has 0 aliphatic rings. The second kappa shape index (κ2) is 7.49. The summed E-state index contributed by atoms with van der Waals surface area (Å²) in [6, 6.07) is 0. The SMILES string of the molecule is CC.O=C(O)c1coc(/C=C\C=C\F)n1. The van der Waals surface area contributed by atoms with Gasteiger partial charge in [0, 0.05) is 6.08 Å². The van der Waals surface area contributed by atoms with E-state index >= 15 is 0 Å². The highest BCUT2D eigenvalue weighted by atomic mass is 19.1. The fraction of sp³-hybridized carbons (Fsp3) is 0.200. The minimum atomic E-state index is -1.16. The molecule has 0 unspecified atom stereocenters. The van der Waals surface area contributed by atoms with Gasteiger partial charge in [0.05, 0.1) is 6.33 Å². The number of hydrogen-bond acceptors (Lipinski definition) is 3. The smallest absolute Gasteiger partial charge is 0.357 e. The number of carboxylic acids is 1. The van der Waals surface area contributed by atoms with Crippen LogP contribution in [0.4, 0.5) is 4.39 Å². The van der Waals surface area contributed by atoms with Gasteiger partial charge in [0.1, 0.15) is 6.26 Å². The van der Waals surface area contributed by atoms with Crippen molar-refractivity contribution < 1.29 is 18.7 Å². The van der Waals surface area contributed by atoms with Crippen molar-refractivity contribution in [3.63, 3.8) is 0 Å². The molecule has 1 heterocycles. The Morgan fingerprint density at radius 2 is 2.20 bits per heavy atom. The Hall–Kier alpha value is -1.91. The van der Waals surface area contributed by atoms with Crippen LogP contribution >= 0.6 is 0 Å². The molecule has 4 nitrogen and oxygen atoms in total. The quantitative estimate of drug-likeness (QED) is 0.784. The third-order valence-electron chi connectivity index (χ3n) is 1.16. The lowest BCUT2D eigenvalue weighted by molar-refractivity contribution is 0.0690. The van der Waals surface area contributed by atoms with E-state index in [0.29, 0.717) is 6.33 Å². The standard InChI is InChI=1S/C8H6FNO3.C2H6/c9-4-2-1-3-7-10-6(5-13-7)8(11)12;1-2/h1-5H,(H,11,12);1-2H3/b3-1-,4-2+;. The van der Waals surface area contributed by atoms with Gasteiger partial charge >= 0.3 is 5.97 Å². The molecule has 82 valence electrons. The van der Waals surface area contributed by atoms with E-state index in [-0.39, 0.29) is 11.6 Å². The van der Waals surface area contributed by atoms with Gasteiger partial charge in [-0.15, -0.1) is 0 Å². The van der Waals surface area contributed by atoms with E-state index in [9.17, 15) is 9.18 Å². The summed E-state index contributed by atoms with van der Waals surface area (Å²) >= 11 is 0. The molecular formula is C10H12FNO3. The van der Waals surface area contributed by atoms with E-state index in [1.807, 2.05) is 13.8 Å². The van der Waals surface area contributed by atoms with Gasteiger partial charge in [-0.25, -0.2) is 14.2 Å². The van der Waals surface area contributed by atoms with Crippen LogP contribution in [0.2, 0.25) is 0 Å². The summed E-state index contributed by atoms with van der Waals surface area (Å²) in [5.74, 6) is -1.04. The summed E-state index contributed by atoms with van der Waals surface area (Å²) in [5, 5.41) is 8.45. The second-order valence-corrected chi connectivity index (χ2v) is 2.05. The van der Waals surface area contributed by atoms with E-state index in [1.165, 1.54) is 12.2 Å². The lowest BCUT2D eigenvalue weighted by Gasteiger charge is -1.79. The van der Waals surface area contributed by atoms with Crippen LogP contribution < -0.4 is 0 Å². The summed E-state index contributed by atoms with van der Waals surface area (Å²) < 4.78 is 16.2. The number of halogens is 1. The zero-order valence-corrected chi connectivity index (χ0v) is 8.48. The molecule has 0 saturated carbocycles. The Bertz CT molecular complexity index is 355. The van der Waals surface area contributed by atoms with Crippen molar-refractivity contribution in [2.75, 3.05) is 0 Å². The molecule has 0 radical (unpaired) electrons. The van der Waals surface area contributed by atoms with E-state index in [0.717, 1.165) is 12.3 Å². The molecule has 0 fully saturated rings. The second-order valence-electron chi connectivity index (χ2n) is 2.05. The van der Waals surface area contributed by atoms with Crippen molar-refractivity contribution in [3.8, 4) is 0 Å². The third kappa shape index (κ3) is 4.75. The van der Waals surface area contributed by atoms with Crippen LogP contribution in [0, 0.1) is 0 Å². The number of carbonyl (C=O) groups is 1. The average Bonchev–Trinajstić information content (AvgIpc) is 2.70. The predicted molar refractivity (Wildman–Crippen MR) is 54.1 cm³/mol. The monoisotopic (exact) mass is 213 g/mol. The summed E-state index contributed by atoms with van der Waals surface area (Å²) in [7, 11) is 0. The molecule has 0 saturated heterocycles. The fourth-order valence-electron chi connectivity index (χ4n) is 0.642. The van der Waals surface area contributed by atoms with Crippen molar-refractivity contribution in [1.29, 1.82) is 0 Å². The van der Waals surface area contributed by atoms with Crippen molar-refractivity contribution in [1.82, 2.24) is 4.98 Å². The van der Waals surface area contributed by atoms with Crippen LogP contribution in [0.5, 0.6) is 0 Å². The Kier molecular flexibility index (Phi) is 6.54. The van der Waals surface area contributed by atoms with Gasteiger partial charge in [0.2, 0.25) is 5.89 Å². The van der Waals surface area contributed by atoms with Crippen molar-refractivity contribution in [2.24, 2.45) is 0 Å². The van der Waals surface area contributed by atoms with E-state index < -0.39 is 5.97 Å². The molecular weight excluding hydrogens is 201 g/mol. The topological polar surface area (TPSA) is 63.3 Å². The minimum Gasteiger partial charge on any atom is -0.476 e. The van der Waals surface area contributed by atoms with Crippen LogP contribution in [0.15, 0.2) is 29.2 Å². The van der Waals surface area contributed by atoms with Crippen molar-refractivity contribution in [2.45, 2.75) is 13.8 Å².